The number of piperidine rings is 1. The second-order valence-electron chi connectivity index (χ2n) is 7.68. The maximum Gasteiger partial charge on any atom is 0.250 e. The van der Waals surface area contributed by atoms with Crippen LogP contribution in [0.15, 0.2) is 53.4 Å². The molecule has 4 rings (SSSR count). The second kappa shape index (κ2) is 9.51. The van der Waals surface area contributed by atoms with Crippen molar-refractivity contribution in [3.63, 3.8) is 0 Å². The lowest BCUT2D eigenvalue weighted by molar-refractivity contribution is -0.135. The molecule has 1 atom stereocenters. The van der Waals surface area contributed by atoms with E-state index in [1.807, 2.05) is 18.2 Å². The number of hydrogen-bond donors (Lipinski definition) is 1. The first kappa shape index (κ1) is 21.4. The van der Waals surface area contributed by atoms with E-state index in [0.29, 0.717) is 18.8 Å². The summed E-state index contributed by atoms with van der Waals surface area (Å²) in [6, 6.07) is 13.2. The van der Waals surface area contributed by atoms with Gasteiger partial charge in [-0.15, -0.1) is 11.8 Å². The Bertz CT molecular complexity index is 976. The summed E-state index contributed by atoms with van der Waals surface area (Å²) in [5.41, 5.74) is 1.39. The van der Waals surface area contributed by atoms with Gasteiger partial charge < -0.3 is 15.1 Å². The number of para-hydroxylation sites is 1. The Hall–Kier alpha value is -2.87. The van der Waals surface area contributed by atoms with Crippen molar-refractivity contribution in [1.82, 2.24) is 10.2 Å². The zero-order chi connectivity index (χ0) is 21.8. The molecule has 3 amide bonds. The maximum absolute atomic E-state index is 13.3. The van der Waals surface area contributed by atoms with Crippen LogP contribution >= 0.6 is 11.8 Å². The summed E-state index contributed by atoms with van der Waals surface area (Å²) in [5, 5.41) is 1.89. The van der Waals surface area contributed by atoms with Gasteiger partial charge in [0.25, 0.3) is 5.91 Å². The number of amides is 3. The number of fused-ring (bicyclic) bond motifs is 1. The molecule has 31 heavy (non-hydrogen) atoms. The average molecular weight is 442 g/mol. The van der Waals surface area contributed by atoms with Crippen molar-refractivity contribution in [3.8, 4) is 0 Å². The van der Waals surface area contributed by atoms with E-state index in [1.54, 1.807) is 23.1 Å². The van der Waals surface area contributed by atoms with Crippen molar-refractivity contribution in [2.45, 2.75) is 36.0 Å². The predicted octanol–water partition coefficient (Wildman–Crippen LogP) is 2.96. The number of carbonyl (C=O) groups excluding carboxylic acids is 3. The average Bonchev–Trinajstić information content (AvgIpc) is 2.80. The molecule has 2 aliphatic heterocycles. The van der Waals surface area contributed by atoms with Crippen LogP contribution in [-0.2, 0) is 20.9 Å². The SMILES string of the molecule is O=C(CN1C(=O)[C@H](C(=O)N2CCCCC2)Sc2ccccc21)NCc1ccc(F)cc1. The highest BCUT2D eigenvalue weighted by Crippen LogP contribution is 2.39. The van der Waals surface area contributed by atoms with Gasteiger partial charge in [0.2, 0.25) is 11.8 Å². The quantitative estimate of drug-likeness (QED) is 0.725. The molecule has 1 fully saturated rings. The van der Waals surface area contributed by atoms with E-state index >= 15 is 0 Å². The number of halogens is 1. The number of carbonyl (C=O) groups is 3. The van der Waals surface area contributed by atoms with Gasteiger partial charge >= 0.3 is 0 Å². The third kappa shape index (κ3) is 4.90. The molecule has 6 nitrogen and oxygen atoms in total. The van der Waals surface area contributed by atoms with Crippen molar-refractivity contribution in [1.29, 1.82) is 0 Å². The van der Waals surface area contributed by atoms with Crippen LogP contribution in [0.1, 0.15) is 24.8 Å². The maximum atomic E-state index is 13.3. The first-order chi connectivity index (χ1) is 15.0. The van der Waals surface area contributed by atoms with Gasteiger partial charge in [0.15, 0.2) is 5.25 Å². The summed E-state index contributed by atoms with van der Waals surface area (Å²) in [6.07, 6.45) is 2.99. The number of hydrogen-bond acceptors (Lipinski definition) is 4. The Morgan fingerprint density at radius 1 is 1.03 bits per heavy atom. The van der Waals surface area contributed by atoms with E-state index < -0.39 is 5.25 Å². The molecule has 2 aromatic rings. The van der Waals surface area contributed by atoms with Crippen molar-refractivity contribution < 1.29 is 18.8 Å². The summed E-state index contributed by atoms with van der Waals surface area (Å²) < 4.78 is 13.1. The summed E-state index contributed by atoms with van der Waals surface area (Å²) >= 11 is 1.26. The van der Waals surface area contributed by atoms with E-state index in [2.05, 4.69) is 5.32 Å². The van der Waals surface area contributed by atoms with Crippen LogP contribution in [0.5, 0.6) is 0 Å². The van der Waals surface area contributed by atoms with Gasteiger partial charge in [0.1, 0.15) is 12.4 Å². The van der Waals surface area contributed by atoms with Crippen LogP contribution in [0.4, 0.5) is 10.1 Å². The van der Waals surface area contributed by atoms with Crippen molar-refractivity contribution >= 4 is 35.2 Å². The molecule has 0 unspecified atom stereocenters. The Kier molecular flexibility index (Phi) is 6.56. The standard InChI is InChI=1S/C23H24FN3O3S/c24-17-10-8-16(9-11-17)14-25-20(28)15-27-18-6-2-3-7-19(18)31-21(23(27)30)22(29)26-12-4-1-5-13-26/h2-3,6-11,21H,1,4-5,12-15H2,(H,25,28)/t21-/m0/s1. The zero-order valence-corrected chi connectivity index (χ0v) is 17.9. The first-order valence-electron chi connectivity index (χ1n) is 10.4. The number of nitrogens with zero attached hydrogens (tertiary/aromatic N) is 2. The Morgan fingerprint density at radius 3 is 2.48 bits per heavy atom. The fourth-order valence-corrected chi connectivity index (χ4v) is 5.01. The lowest BCUT2D eigenvalue weighted by Gasteiger charge is -2.36. The summed E-state index contributed by atoms with van der Waals surface area (Å²) in [4.78, 5) is 42.9. The Labute approximate surface area is 184 Å². The molecule has 0 radical (unpaired) electrons. The number of anilines is 1. The van der Waals surface area contributed by atoms with Gasteiger partial charge in [-0.05, 0) is 49.1 Å². The molecule has 1 N–H and O–H groups in total. The Balaban J connectivity index is 1.48. The fourth-order valence-electron chi connectivity index (χ4n) is 3.82. The minimum Gasteiger partial charge on any atom is -0.350 e. The number of benzene rings is 2. The van der Waals surface area contributed by atoms with Crippen molar-refractivity contribution in [3.05, 3.63) is 59.9 Å². The molecule has 0 aromatic heterocycles. The number of likely N-dealkylation sites (tertiary alicyclic amines) is 1. The zero-order valence-electron chi connectivity index (χ0n) is 17.1. The van der Waals surface area contributed by atoms with E-state index in [4.69, 9.17) is 0 Å². The van der Waals surface area contributed by atoms with E-state index in [9.17, 15) is 18.8 Å². The molecular weight excluding hydrogens is 417 g/mol. The summed E-state index contributed by atoms with van der Waals surface area (Å²) in [6.45, 7) is 1.39. The Morgan fingerprint density at radius 2 is 1.74 bits per heavy atom. The summed E-state index contributed by atoms with van der Waals surface area (Å²) in [7, 11) is 0. The van der Waals surface area contributed by atoms with Crippen LogP contribution in [0.3, 0.4) is 0 Å². The normalized spacial score (nSPS) is 18.5. The molecule has 1 saturated heterocycles. The van der Waals surface area contributed by atoms with Crippen LogP contribution in [-0.4, -0.2) is 47.5 Å². The van der Waals surface area contributed by atoms with Gasteiger partial charge in [-0.3, -0.25) is 14.4 Å². The molecule has 0 saturated carbocycles. The molecular formula is C23H24FN3O3S. The van der Waals surface area contributed by atoms with Crippen LogP contribution in [0.2, 0.25) is 0 Å². The van der Waals surface area contributed by atoms with Crippen molar-refractivity contribution in [2.75, 3.05) is 24.5 Å². The highest BCUT2D eigenvalue weighted by Gasteiger charge is 2.40. The molecule has 162 valence electrons. The number of rotatable bonds is 5. The monoisotopic (exact) mass is 441 g/mol. The van der Waals surface area contributed by atoms with Gasteiger partial charge in [-0.2, -0.15) is 0 Å². The van der Waals surface area contributed by atoms with Crippen LogP contribution < -0.4 is 10.2 Å². The van der Waals surface area contributed by atoms with Gasteiger partial charge in [0.05, 0.1) is 5.69 Å². The minimum absolute atomic E-state index is 0.179. The minimum atomic E-state index is -0.877. The predicted molar refractivity (Wildman–Crippen MR) is 117 cm³/mol. The number of nitrogens with one attached hydrogen (secondary N) is 1. The molecule has 0 aliphatic carbocycles. The highest BCUT2D eigenvalue weighted by atomic mass is 32.2. The van der Waals surface area contributed by atoms with Crippen LogP contribution in [0, 0.1) is 5.82 Å². The number of thioether (sulfide) groups is 1. The first-order valence-corrected chi connectivity index (χ1v) is 11.3. The molecule has 2 heterocycles. The van der Waals surface area contributed by atoms with Gasteiger partial charge in [0, 0.05) is 24.5 Å². The lowest BCUT2D eigenvalue weighted by atomic mass is 10.1. The van der Waals surface area contributed by atoms with E-state index in [0.717, 1.165) is 29.7 Å². The van der Waals surface area contributed by atoms with E-state index in [1.165, 1.54) is 28.8 Å². The smallest absolute Gasteiger partial charge is 0.250 e. The second-order valence-corrected chi connectivity index (χ2v) is 8.83. The van der Waals surface area contributed by atoms with E-state index in [-0.39, 0.29) is 36.6 Å². The largest absolute Gasteiger partial charge is 0.350 e. The molecule has 0 spiro atoms. The highest BCUT2D eigenvalue weighted by molar-refractivity contribution is 8.01. The van der Waals surface area contributed by atoms with Gasteiger partial charge in [-0.1, -0.05) is 24.3 Å². The fraction of sp³-hybridized carbons (Fsp3) is 0.348. The molecule has 2 aliphatic rings. The summed E-state index contributed by atoms with van der Waals surface area (Å²) in [5.74, 6) is -1.23. The molecule has 8 heteroatoms. The third-order valence-electron chi connectivity index (χ3n) is 5.49. The van der Waals surface area contributed by atoms with Crippen LogP contribution in [0.25, 0.3) is 0 Å². The lowest BCUT2D eigenvalue weighted by Crippen LogP contribution is -2.52. The topological polar surface area (TPSA) is 69.7 Å². The molecule has 2 aromatic carbocycles. The van der Waals surface area contributed by atoms with Crippen molar-refractivity contribution in [2.24, 2.45) is 0 Å². The third-order valence-corrected chi connectivity index (χ3v) is 6.73. The van der Waals surface area contributed by atoms with Gasteiger partial charge in [-0.25, -0.2) is 4.39 Å². The molecule has 0 bridgehead atoms.